The second-order valence-electron chi connectivity index (χ2n) is 8.68. The van der Waals surface area contributed by atoms with Crippen LogP contribution >= 0.6 is 7.92 Å². The van der Waals surface area contributed by atoms with Crippen LogP contribution in [0.1, 0.15) is 93.4 Å². The second kappa shape index (κ2) is 6.93. The Morgan fingerprint density at radius 1 is 0.783 bits per heavy atom. The highest BCUT2D eigenvalue weighted by molar-refractivity contribution is 7.62. The third-order valence-electron chi connectivity index (χ3n) is 6.47. The van der Waals surface area contributed by atoms with Crippen LogP contribution in [0.2, 0.25) is 0 Å². The van der Waals surface area contributed by atoms with Crippen LogP contribution in [-0.2, 0) is 9.47 Å². The van der Waals surface area contributed by atoms with Crippen molar-refractivity contribution in [2.24, 2.45) is 0 Å². The number of rotatable bonds is 4. The largest absolute Gasteiger partial charge is 0.350 e. The molecule has 0 N–H and O–H groups in total. The Morgan fingerprint density at radius 3 is 1.48 bits per heavy atom. The molecule has 0 atom stereocenters. The summed E-state index contributed by atoms with van der Waals surface area (Å²) in [6.07, 6.45) is 8.28. The van der Waals surface area contributed by atoms with Gasteiger partial charge in [0.25, 0.3) is 0 Å². The van der Waals surface area contributed by atoms with Crippen molar-refractivity contribution in [2.45, 2.75) is 115 Å². The predicted molar refractivity (Wildman–Crippen MR) is 102 cm³/mol. The summed E-state index contributed by atoms with van der Waals surface area (Å²) >= 11 is 0. The lowest BCUT2D eigenvalue weighted by Gasteiger charge is -2.65. The minimum absolute atomic E-state index is 0.119. The maximum absolute atomic E-state index is 6.37. The molecule has 0 amide bonds. The Morgan fingerprint density at radius 2 is 1.17 bits per heavy atom. The Balaban J connectivity index is 2.55. The third kappa shape index (κ3) is 3.38. The Labute approximate surface area is 145 Å². The van der Waals surface area contributed by atoms with Gasteiger partial charge in [0.2, 0.25) is 0 Å². The molecule has 0 bridgehead atoms. The molecule has 2 heterocycles. The van der Waals surface area contributed by atoms with Crippen molar-refractivity contribution in [1.29, 1.82) is 0 Å². The lowest BCUT2D eigenvalue weighted by molar-refractivity contribution is -0.283. The molecule has 3 heteroatoms. The van der Waals surface area contributed by atoms with Gasteiger partial charge in [0.05, 0.1) is 13.2 Å². The van der Waals surface area contributed by atoms with Crippen molar-refractivity contribution in [3.63, 3.8) is 0 Å². The summed E-state index contributed by atoms with van der Waals surface area (Å²) < 4.78 is 12.7. The zero-order chi connectivity index (χ0) is 17.4. The summed E-state index contributed by atoms with van der Waals surface area (Å²) in [5.41, 5.74) is 0. The van der Waals surface area contributed by atoms with E-state index in [1.165, 1.54) is 25.7 Å². The molecule has 2 aliphatic rings. The fourth-order valence-corrected chi connectivity index (χ4v) is 11.5. The summed E-state index contributed by atoms with van der Waals surface area (Å²) in [4.78, 5) is 0. The van der Waals surface area contributed by atoms with Crippen LogP contribution in [0, 0.1) is 0 Å². The van der Waals surface area contributed by atoms with E-state index in [2.05, 4.69) is 48.5 Å². The quantitative estimate of drug-likeness (QED) is 0.557. The van der Waals surface area contributed by atoms with Gasteiger partial charge < -0.3 is 9.47 Å². The molecule has 2 aliphatic heterocycles. The van der Waals surface area contributed by atoms with Crippen molar-refractivity contribution in [2.75, 3.05) is 13.2 Å². The van der Waals surface area contributed by atoms with Crippen LogP contribution in [-0.4, -0.2) is 34.5 Å². The normalized spacial score (nSPS) is 27.3. The van der Waals surface area contributed by atoms with E-state index in [9.17, 15) is 0 Å². The molecule has 0 aromatic rings. The van der Waals surface area contributed by atoms with E-state index in [0.29, 0.717) is 15.5 Å². The summed E-state index contributed by atoms with van der Waals surface area (Å²) in [5.74, 6) is -0.305. The van der Waals surface area contributed by atoms with Gasteiger partial charge in [-0.3, -0.25) is 0 Å². The first-order valence-corrected chi connectivity index (χ1v) is 11.2. The second-order valence-corrected chi connectivity index (χ2v) is 12.6. The van der Waals surface area contributed by atoms with E-state index in [-0.39, 0.29) is 13.7 Å². The first-order valence-electron chi connectivity index (χ1n) is 9.81. The monoisotopic (exact) mass is 342 g/mol. The number of hydrogen-bond donors (Lipinski definition) is 0. The van der Waals surface area contributed by atoms with Crippen molar-refractivity contribution in [1.82, 2.24) is 0 Å². The number of ether oxygens (including phenoxy) is 2. The van der Waals surface area contributed by atoms with Gasteiger partial charge in [-0.05, 0) is 47.6 Å². The fraction of sp³-hybridized carbons (Fsp3) is 1.00. The van der Waals surface area contributed by atoms with E-state index in [4.69, 9.17) is 9.47 Å². The summed E-state index contributed by atoms with van der Waals surface area (Å²) in [6, 6.07) is 0. The van der Waals surface area contributed by atoms with Crippen LogP contribution < -0.4 is 0 Å². The molecule has 23 heavy (non-hydrogen) atoms. The molecule has 0 saturated carbocycles. The van der Waals surface area contributed by atoms with Crippen molar-refractivity contribution in [3.8, 4) is 0 Å². The molecular formula is C20H39O2P. The summed E-state index contributed by atoms with van der Waals surface area (Å²) in [5, 5.41) is 1.15. The van der Waals surface area contributed by atoms with Gasteiger partial charge in [-0.1, -0.05) is 56.4 Å². The molecule has 2 saturated heterocycles. The smallest absolute Gasteiger partial charge is 0.170 e. The highest BCUT2D eigenvalue weighted by atomic mass is 31.1. The van der Waals surface area contributed by atoms with E-state index in [1.54, 1.807) is 0 Å². The van der Waals surface area contributed by atoms with Gasteiger partial charge in [-0.15, -0.1) is 0 Å². The highest BCUT2D eigenvalue weighted by Crippen LogP contribution is 2.77. The minimum Gasteiger partial charge on any atom is -0.350 e. The van der Waals surface area contributed by atoms with E-state index in [1.807, 2.05) is 0 Å². The first-order chi connectivity index (χ1) is 10.7. The van der Waals surface area contributed by atoms with Crippen molar-refractivity contribution < 1.29 is 9.47 Å². The fourth-order valence-electron chi connectivity index (χ4n) is 5.60. The molecule has 136 valence electrons. The van der Waals surface area contributed by atoms with Crippen LogP contribution in [0.15, 0.2) is 0 Å². The topological polar surface area (TPSA) is 18.5 Å². The maximum Gasteiger partial charge on any atom is 0.170 e. The molecule has 2 nitrogen and oxygen atoms in total. The Hall–Kier alpha value is 0.350. The SMILES string of the molecule is CCC1(CC)CC2(CC(CC)(CC)P1C(C)(C)C)OCCCO2. The molecule has 0 radical (unpaired) electrons. The molecule has 0 aromatic heterocycles. The molecule has 0 aliphatic carbocycles. The van der Waals surface area contributed by atoms with Crippen molar-refractivity contribution >= 4 is 7.92 Å². The lowest BCUT2D eigenvalue weighted by Crippen LogP contribution is -2.59. The zero-order valence-corrected chi connectivity index (χ0v) is 17.5. The van der Waals surface area contributed by atoms with Crippen LogP contribution in [0.5, 0.6) is 0 Å². The molecule has 2 rings (SSSR count). The molecule has 0 aromatic carbocycles. The van der Waals surface area contributed by atoms with Gasteiger partial charge in [-0.2, -0.15) is 0 Å². The van der Waals surface area contributed by atoms with Crippen molar-refractivity contribution in [3.05, 3.63) is 0 Å². The van der Waals surface area contributed by atoms with E-state index < -0.39 is 0 Å². The van der Waals surface area contributed by atoms with Gasteiger partial charge in [0, 0.05) is 12.8 Å². The summed E-state index contributed by atoms with van der Waals surface area (Å²) in [6.45, 7) is 18.8. The zero-order valence-electron chi connectivity index (χ0n) is 16.6. The van der Waals surface area contributed by atoms with Gasteiger partial charge in [0.15, 0.2) is 5.79 Å². The predicted octanol–water partition coefficient (Wildman–Crippen LogP) is 6.31. The summed E-state index contributed by atoms with van der Waals surface area (Å²) in [7, 11) is -0.119. The minimum atomic E-state index is -0.305. The average Bonchev–Trinajstić information content (AvgIpc) is 2.53. The molecule has 0 unspecified atom stereocenters. The molecule has 1 spiro atoms. The maximum atomic E-state index is 6.37. The van der Waals surface area contributed by atoms with E-state index >= 15 is 0 Å². The number of hydrogen-bond acceptors (Lipinski definition) is 2. The first kappa shape index (κ1) is 19.7. The standard InChI is InChI=1S/C20H39O2P/c1-8-18(9-2)15-20(21-13-12-14-22-20)16-19(10-3,11-4)23(18)17(5,6)7/h8-16H2,1-7H3. The van der Waals surface area contributed by atoms with E-state index in [0.717, 1.165) is 32.5 Å². The lowest BCUT2D eigenvalue weighted by atomic mass is 9.83. The molecular weight excluding hydrogens is 303 g/mol. The molecule has 2 fully saturated rings. The Kier molecular flexibility index (Phi) is 5.92. The average molecular weight is 343 g/mol. The van der Waals surface area contributed by atoms with Crippen LogP contribution in [0.4, 0.5) is 0 Å². The van der Waals surface area contributed by atoms with Gasteiger partial charge in [0.1, 0.15) is 0 Å². The highest BCUT2D eigenvalue weighted by Gasteiger charge is 2.62. The van der Waals surface area contributed by atoms with Gasteiger partial charge in [-0.25, -0.2) is 0 Å². The van der Waals surface area contributed by atoms with Crippen LogP contribution in [0.3, 0.4) is 0 Å². The van der Waals surface area contributed by atoms with Gasteiger partial charge >= 0.3 is 0 Å². The van der Waals surface area contributed by atoms with Crippen LogP contribution in [0.25, 0.3) is 0 Å². The third-order valence-corrected chi connectivity index (χ3v) is 11.3. The Bertz CT molecular complexity index is 361.